The van der Waals surface area contributed by atoms with E-state index in [1.807, 2.05) is 11.0 Å². The highest BCUT2D eigenvalue weighted by Gasteiger charge is 2.32. The summed E-state index contributed by atoms with van der Waals surface area (Å²) >= 11 is 6.20. The number of benzene rings is 2. The quantitative estimate of drug-likeness (QED) is 0.540. The van der Waals surface area contributed by atoms with Crippen LogP contribution >= 0.6 is 11.6 Å². The minimum atomic E-state index is -4.45. The van der Waals surface area contributed by atoms with E-state index in [0.29, 0.717) is 23.7 Å². The molecule has 1 amide bonds. The van der Waals surface area contributed by atoms with Crippen LogP contribution in [0, 0.1) is 0 Å². The van der Waals surface area contributed by atoms with E-state index in [1.165, 1.54) is 6.07 Å². The highest BCUT2D eigenvalue weighted by atomic mass is 35.5. The van der Waals surface area contributed by atoms with Crippen LogP contribution in [0.15, 0.2) is 48.7 Å². The molecule has 2 heterocycles. The molecule has 3 aromatic rings. The number of aromatic amines is 1. The van der Waals surface area contributed by atoms with E-state index in [-0.39, 0.29) is 12.3 Å². The molecule has 8 heteroatoms. The minimum absolute atomic E-state index is 0.0560. The van der Waals surface area contributed by atoms with Crippen LogP contribution in [0.3, 0.4) is 0 Å². The van der Waals surface area contributed by atoms with Gasteiger partial charge in [-0.15, -0.1) is 0 Å². The molecule has 1 aliphatic heterocycles. The lowest BCUT2D eigenvalue weighted by atomic mass is 9.87. The Morgan fingerprint density at radius 3 is 2.56 bits per heavy atom. The van der Waals surface area contributed by atoms with Crippen LogP contribution in [-0.4, -0.2) is 53.4 Å². The maximum absolute atomic E-state index is 13.4. The van der Waals surface area contributed by atoms with Crippen LogP contribution < -0.4 is 0 Å². The van der Waals surface area contributed by atoms with Gasteiger partial charge < -0.3 is 14.8 Å². The van der Waals surface area contributed by atoms with Crippen LogP contribution in [0.5, 0.6) is 0 Å². The molecule has 0 radical (unpaired) electrons. The average Bonchev–Trinajstić information content (AvgIpc) is 3.19. The summed E-state index contributed by atoms with van der Waals surface area (Å²) in [5.41, 5.74) is 1.33. The number of nitrogens with one attached hydrogen (secondary N) is 1. The molecular formula is C24H25ClF3N3O. The van der Waals surface area contributed by atoms with Gasteiger partial charge in [0.2, 0.25) is 5.91 Å². The van der Waals surface area contributed by atoms with Gasteiger partial charge >= 0.3 is 6.18 Å². The van der Waals surface area contributed by atoms with E-state index < -0.39 is 17.7 Å². The van der Waals surface area contributed by atoms with Crippen molar-refractivity contribution in [2.24, 2.45) is 0 Å². The minimum Gasteiger partial charge on any atom is -0.361 e. The molecule has 1 aromatic heterocycles. The fourth-order valence-corrected chi connectivity index (χ4v) is 4.53. The number of nitrogens with zero attached hydrogens (tertiary/aromatic N) is 2. The maximum atomic E-state index is 13.4. The van der Waals surface area contributed by atoms with E-state index in [4.69, 9.17) is 11.6 Å². The Labute approximate surface area is 190 Å². The first-order valence-corrected chi connectivity index (χ1v) is 11.1. The molecular weight excluding hydrogens is 439 g/mol. The van der Waals surface area contributed by atoms with Crippen LogP contribution in [0.25, 0.3) is 10.9 Å². The molecule has 1 aliphatic rings. The number of rotatable bonds is 5. The average molecular weight is 464 g/mol. The second-order valence-electron chi connectivity index (χ2n) is 8.13. The van der Waals surface area contributed by atoms with Gasteiger partial charge in [-0.3, -0.25) is 4.79 Å². The van der Waals surface area contributed by atoms with Crippen molar-refractivity contribution in [1.29, 1.82) is 0 Å². The molecule has 4 nitrogen and oxygen atoms in total. The third-order valence-corrected chi connectivity index (χ3v) is 6.45. The highest BCUT2D eigenvalue weighted by molar-refractivity contribution is 6.31. The van der Waals surface area contributed by atoms with Gasteiger partial charge in [0.25, 0.3) is 0 Å². The maximum Gasteiger partial charge on any atom is 0.416 e. The zero-order chi connectivity index (χ0) is 22.9. The zero-order valence-electron chi connectivity index (χ0n) is 17.8. The predicted octanol–water partition coefficient (Wildman–Crippen LogP) is 5.53. The van der Waals surface area contributed by atoms with Crippen LogP contribution in [0.2, 0.25) is 5.02 Å². The number of H-pyrrole nitrogens is 1. The van der Waals surface area contributed by atoms with Crippen LogP contribution in [0.1, 0.15) is 36.0 Å². The summed E-state index contributed by atoms with van der Waals surface area (Å²) < 4.78 is 40.2. The topological polar surface area (TPSA) is 39.3 Å². The van der Waals surface area contributed by atoms with Crippen molar-refractivity contribution < 1.29 is 18.0 Å². The highest BCUT2D eigenvalue weighted by Crippen LogP contribution is 2.37. The number of carbonyl (C=O) groups is 1. The third kappa shape index (κ3) is 4.79. The number of fused-ring (bicyclic) bond motifs is 1. The largest absolute Gasteiger partial charge is 0.416 e. The molecule has 32 heavy (non-hydrogen) atoms. The van der Waals surface area contributed by atoms with E-state index in [0.717, 1.165) is 48.2 Å². The Morgan fingerprint density at radius 2 is 1.88 bits per heavy atom. The van der Waals surface area contributed by atoms with Crippen molar-refractivity contribution in [2.75, 3.05) is 32.7 Å². The summed E-state index contributed by atoms with van der Waals surface area (Å²) in [5.74, 6) is -0.583. The Bertz CT molecular complexity index is 1100. The number of carbonyl (C=O) groups excluding carboxylic acids is 1. The zero-order valence-corrected chi connectivity index (χ0v) is 18.5. The van der Waals surface area contributed by atoms with Crippen molar-refractivity contribution in [2.45, 2.75) is 25.4 Å². The van der Waals surface area contributed by atoms with Gasteiger partial charge in [-0.1, -0.05) is 36.7 Å². The van der Waals surface area contributed by atoms with Crippen LogP contribution in [-0.2, 0) is 11.0 Å². The summed E-state index contributed by atoms with van der Waals surface area (Å²) in [7, 11) is 0. The molecule has 0 aliphatic carbocycles. The summed E-state index contributed by atoms with van der Waals surface area (Å²) in [6, 6.07) is 10.6. The van der Waals surface area contributed by atoms with E-state index >= 15 is 0 Å². The molecule has 4 rings (SSSR count). The van der Waals surface area contributed by atoms with Gasteiger partial charge in [0.15, 0.2) is 0 Å². The van der Waals surface area contributed by atoms with Crippen molar-refractivity contribution in [3.8, 4) is 0 Å². The molecule has 1 fully saturated rings. The molecule has 1 N–H and O–H groups in total. The van der Waals surface area contributed by atoms with Gasteiger partial charge in [-0.2, -0.15) is 13.2 Å². The molecule has 0 spiro atoms. The number of hydrogen-bond acceptors (Lipinski definition) is 2. The Morgan fingerprint density at radius 1 is 1.12 bits per heavy atom. The molecule has 1 saturated heterocycles. The number of halogens is 4. The molecule has 0 unspecified atom stereocenters. The first kappa shape index (κ1) is 22.7. The van der Waals surface area contributed by atoms with Crippen molar-refractivity contribution >= 4 is 28.4 Å². The SMILES string of the molecule is CCN1CCN(C(=O)C[C@H](c2cccc(C(F)(F)F)c2)c2c[nH]c3ccc(Cl)cc23)CC1. The summed E-state index contributed by atoms with van der Waals surface area (Å²) in [6.45, 7) is 5.88. The number of amides is 1. The van der Waals surface area contributed by atoms with Crippen molar-refractivity contribution in [3.05, 3.63) is 70.4 Å². The van der Waals surface area contributed by atoms with Crippen molar-refractivity contribution in [1.82, 2.24) is 14.8 Å². The lowest BCUT2D eigenvalue weighted by molar-refractivity contribution is -0.137. The van der Waals surface area contributed by atoms with E-state index in [9.17, 15) is 18.0 Å². The summed E-state index contributed by atoms with van der Waals surface area (Å²) in [5, 5.41) is 1.34. The molecule has 0 bridgehead atoms. The fraction of sp³-hybridized carbons (Fsp3) is 0.375. The van der Waals surface area contributed by atoms with Gasteiger partial charge in [0, 0.05) is 60.6 Å². The number of alkyl halides is 3. The fourth-order valence-electron chi connectivity index (χ4n) is 4.36. The third-order valence-electron chi connectivity index (χ3n) is 6.22. The standard InChI is InChI=1S/C24H25ClF3N3O/c1-2-30-8-10-31(11-9-30)23(32)14-19(16-4-3-5-17(12-16)24(26,27)28)21-15-29-22-7-6-18(25)13-20(21)22/h3-7,12-13,15,19,29H,2,8-11,14H2,1H3/t19-/m1/s1. The number of aromatic nitrogens is 1. The first-order valence-electron chi connectivity index (χ1n) is 10.7. The van der Waals surface area contributed by atoms with Crippen molar-refractivity contribution in [3.63, 3.8) is 0 Å². The Balaban J connectivity index is 1.70. The molecule has 2 aromatic carbocycles. The predicted molar refractivity (Wildman–Crippen MR) is 120 cm³/mol. The Hall–Kier alpha value is -2.51. The van der Waals surface area contributed by atoms with E-state index in [2.05, 4.69) is 16.8 Å². The monoisotopic (exact) mass is 463 g/mol. The van der Waals surface area contributed by atoms with Gasteiger partial charge in [0.05, 0.1) is 5.56 Å². The van der Waals surface area contributed by atoms with Crippen LogP contribution in [0.4, 0.5) is 13.2 Å². The number of piperazine rings is 1. The van der Waals surface area contributed by atoms with Gasteiger partial charge in [0.1, 0.15) is 0 Å². The molecule has 170 valence electrons. The second-order valence-corrected chi connectivity index (χ2v) is 8.57. The molecule has 1 atom stereocenters. The second kappa shape index (κ2) is 9.16. The number of likely N-dealkylation sites (N-methyl/N-ethyl adjacent to an activating group) is 1. The smallest absolute Gasteiger partial charge is 0.361 e. The molecule has 0 saturated carbocycles. The Kier molecular flexibility index (Phi) is 6.49. The lowest BCUT2D eigenvalue weighted by Gasteiger charge is -2.35. The number of hydrogen-bond donors (Lipinski definition) is 1. The van der Waals surface area contributed by atoms with Gasteiger partial charge in [-0.25, -0.2) is 0 Å². The lowest BCUT2D eigenvalue weighted by Crippen LogP contribution is -2.48. The summed E-state index contributed by atoms with van der Waals surface area (Å²) in [4.78, 5) is 20.5. The summed E-state index contributed by atoms with van der Waals surface area (Å²) in [6.07, 6.45) is -2.59. The van der Waals surface area contributed by atoms with E-state index in [1.54, 1.807) is 24.4 Å². The van der Waals surface area contributed by atoms with Gasteiger partial charge in [-0.05, 0) is 41.9 Å². The normalized spacial score (nSPS) is 16.5. The first-order chi connectivity index (χ1) is 15.3.